The summed E-state index contributed by atoms with van der Waals surface area (Å²) in [7, 11) is 0. The van der Waals surface area contributed by atoms with Crippen LogP contribution in [0.25, 0.3) is 0 Å². The third kappa shape index (κ3) is 47.2. The molecule has 380 valence electrons. The summed E-state index contributed by atoms with van der Waals surface area (Å²) in [6, 6.07) is 0. The van der Waals surface area contributed by atoms with E-state index in [2.05, 4.69) is 39.0 Å². The van der Waals surface area contributed by atoms with Crippen LogP contribution < -0.4 is 0 Å². The maximum absolute atomic E-state index is 12.8. The summed E-state index contributed by atoms with van der Waals surface area (Å²) in [6.45, 7) is 6.22. The Labute approximate surface area is 403 Å². The molecule has 4 atom stereocenters. The number of carbonyl (C=O) groups is 3. The van der Waals surface area contributed by atoms with E-state index in [1.54, 1.807) is 0 Å². The average Bonchev–Trinajstić information content (AvgIpc) is 3.30. The molecule has 0 saturated carbocycles. The molecule has 0 unspecified atom stereocenters. The van der Waals surface area contributed by atoms with Gasteiger partial charge in [-0.3, -0.25) is 14.4 Å². The van der Waals surface area contributed by atoms with Crippen molar-refractivity contribution >= 4 is 17.9 Å². The summed E-state index contributed by atoms with van der Waals surface area (Å²) in [4.78, 5) is 38.0. The van der Waals surface area contributed by atoms with Crippen molar-refractivity contribution < 1.29 is 43.9 Å². The first-order valence-corrected chi connectivity index (χ1v) is 26.8. The molecule has 0 aliphatic rings. The van der Waals surface area contributed by atoms with E-state index in [-0.39, 0.29) is 62.6 Å². The van der Waals surface area contributed by atoms with Crippen molar-refractivity contribution in [2.75, 3.05) is 13.2 Å². The Morgan fingerprint density at radius 3 is 1.08 bits per heavy atom. The summed E-state index contributed by atoms with van der Waals surface area (Å²) < 4.78 is 16.7. The van der Waals surface area contributed by atoms with Gasteiger partial charge in [-0.15, -0.1) is 0 Å². The molecular formula is C57H98O9. The van der Waals surface area contributed by atoms with Gasteiger partial charge in [0.15, 0.2) is 6.10 Å². The second-order valence-corrected chi connectivity index (χ2v) is 18.0. The molecule has 0 bridgehead atoms. The molecule has 0 fully saturated rings. The second-order valence-electron chi connectivity index (χ2n) is 18.0. The Morgan fingerprint density at radius 1 is 0.379 bits per heavy atom. The zero-order valence-corrected chi connectivity index (χ0v) is 42.3. The summed E-state index contributed by atoms with van der Waals surface area (Å²) in [5.74, 6) is -1.10. The number of carbonyl (C=O) groups excluding carboxylic acids is 3. The van der Waals surface area contributed by atoms with Crippen molar-refractivity contribution in [2.45, 2.75) is 257 Å². The number of allylic oxidation sites excluding steroid dienone is 9. The SMILES string of the molecule is CCCCC/C=C\C=C/[C@H](O)CCCCCCCC(=O)OC[C@@H](COC(=O)CCCCCCC/C=C\C=C/[C@@H](O)CCCCC)OC(=O)CCCCCCC/C=C\C=C/[C@H](O)CCCCC. The van der Waals surface area contributed by atoms with Gasteiger partial charge in [-0.2, -0.15) is 0 Å². The van der Waals surface area contributed by atoms with Gasteiger partial charge in [-0.1, -0.05) is 209 Å². The molecule has 0 heterocycles. The van der Waals surface area contributed by atoms with Crippen molar-refractivity contribution in [3.8, 4) is 0 Å². The van der Waals surface area contributed by atoms with Gasteiger partial charge >= 0.3 is 17.9 Å². The first kappa shape index (κ1) is 62.7. The predicted molar refractivity (Wildman–Crippen MR) is 274 cm³/mol. The molecule has 0 aromatic rings. The minimum Gasteiger partial charge on any atom is -0.462 e. The lowest BCUT2D eigenvalue weighted by Gasteiger charge is -2.18. The van der Waals surface area contributed by atoms with Crippen LogP contribution in [0.15, 0.2) is 72.9 Å². The molecule has 9 nitrogen and oxygen atoms in total. The van der Waals surface area contributed by atoms with E-state index in [9.17, 15) is 29.7 Å². The number of ether oxygens (including phenoxy) is 3. The lowest BCUT2D eigenvalue weighted by molar-refractivity contribution is -0.167. The van der Waals surface area contributed by atoms with Crippen molar-refractivity contribution in [3.63, 3.8) is 0 Å². The summed E-state index contributed by atoms with van der Waals surface area (Å²) in [6.07, 6.45) is 52.3. The quantitative estimate of drug-likeness (QED) is 0.0235. The molecule has 0 amide bonds. The summed E-state index contributed by atoms with van der Waals surface area (Å²) >= 11 is 0. The minimum absolute atomic E-state index is 0.148. The van der Waals surface area contributed by atoms with E-state index < -0.39 is 12.2 Å². The number of esters is 3. The van der Waals surface area contributed by atoms with Gasteiger partial charge in [0.05, 0.1) is 18.3 Å². The van der Waals surface area contributed by atoms with Crippen LogP contribution in [0.1, 0.15) is 233 Å². The van der Waals surface area contributed by atoms with Gasteiger partial charge in [0.25, 0.3) is 0 Å². The minimum atomic E-state index is -0.854. The molecule has 0 radical (unpaired) electrons. The predicted octanol–water partition coefficient (Wildman–Crippen LogP) is 14.3. The highest BCUT2D eigenvalue weighted by molar-refractivity contribution is 5.71. The standard InChI is InChI=1S/C57H98O9/c1-4-7-10-11-18-24-33-44-53(60)45-36-27-23-30-38-47-56(62)65-50-54(66-57(63)48-39-29-22-17-13-15-20-26-35-43-52(59)41-32-9-6-3)49-64-55(61)46-37-28-21-16-12-14-19-25-34-42-51(58)40-31-8-5-2/h18-20,24-26,33-35,42-44,51-54,58-60H,4-17,21-23,27-32,36-41,45-50H2,1-3H3/b24-18-,25-19-,26-20-,42-34-,43-35-,44-33-/t51-,52+,53-,54+/m0/s1. The molecule has 0 aliphatic heterocycles. The normalized spacial score (nSPS) is 14.1. The number of aliphatic hydroxyl groups is 3. The first-order chi connectivity index (χ1) is 32.2. The Kier molecular flexibility index (Phi) is 47.2. The Bertz CT molecular complexity index is 1300. The van der Waals surface area contributed by atoms with Crippen LogP contribution >= 0.6 is 0 Å². The Balaban J connectivity index is 4.59. The van der Waals surface area contributed by atoms with Gasteiger partial charge in [-0.05, 0) is 77.0 Å². The van der Waals surface area contributed by atoms with Gasteiger partial charge in [0.2, 0.25) is 0 Å². The van der Waals surface area contributed by atoms with Crippen LogP contribution in [0.5, 0.6) is 0 Å². The number of hydrogen-bond acceptors (Lipinski definition) is 9. The van der Waals surface area contributed by atoms with Crippen molar-refractivity contribution in [3.05, 3.63) is 72.9 Å². The van der Waals surface area contributed by atoms with E-state index in [0.717, 1.165) is 161 Å². The average molecular weight is 927 g/mol. The zero-order chi connectivity index (χ0) is 48.4. The van der Waals surface area contributed by atoms with Crippen LogP contribution in [0.4, 0.5) is 0 Å². The third-order valence-electron chi connectivity index (χ3n) is 11.5. The van der Waals surface area contributed by atoms with Crippen LogP contribution in [0, 0.1) is 0 Å². The molecule has 3 N–H and O–H groups in total. The number of rotatable bonds is 47. The van der Waals surface area contributed by atoms with E-state index in [4.69, 9.17) is 14.2 Å². The molecule has 9 heteroatoms. The molecule has 0 rings (SSSR count). The van der Waals surface area contributed by atoms with Gasteiger partial charge in [0, 0.05) is 19.3 Å². The maximum atomic E-state index is 12.8. The fourth-order valence-corrected chi connectivity index (χ4v) is 7.26. The summed E-state index contributed by atoms with van der Waals surface area (Å²) in [5, 5.41) is 30.2. The second kappa shape index (κ2) is 49.6. The van der Waals surface area contributed by atoms with Crippen molar-refractivity contribution in [2.24, 2.45) is 0 Å². The highest BCUT2D eigenvalue weighted by Crippen LogP contribution is 2.14. The van der Waals surface area contributed by atoms with Gasteiger partial charge < -0.3 is 29.5 Å². The van der Waals surface area contributed by atoms with E-state index in [1.165, 1.54) is 19.3 Å². The lowest BCUT2D eigenvalue weighted by atomic mass is 10.1. The molecule has 0 aliphatic carbocycles. The van der Waals surface area contributed by atoms with Gasteiger partial charge in [-0.25, -0.2) is 0 Å². The largest absolute Gasteiger partial charge is 0.462 e. The number of unbranched alkanes of at least 4 members (excludes halogenated alkanes) is 21. The fraction of sp³-hybridized carbons (Fsp3) is 0.737. The number of aliphatic hydroxyl groups excluding tert-OH is 3. The third-order valence-corrected chi connectivity index (χ3v) is 11.5. The highest BCUT2D eigenvalue weighted by atomic mass is 16.6. The van der Waals surface area contributed by atoms with Crippen LogP contribution in [0.2, 0.25) is 0 Å². The smallest absolute Gasteiger partial charge is 0.306 e. The molecule has 66 heavy (non-hydrogen) atoms. The molecule has 0 saturated heterocycles. The molecule has 0 aromatic carbocycles. The Morgan fingerprint density at radius 2 is 0.682 bits per heavy atom. The van der Waals surface area contributed by atoms with Crippen LogP contribution in [0.3, 0.4) is 0 Å². The van der Waals surface area contributed by atoms with E-state index in [0.29, 0.717) is 12.8 Å². The van der Waals surface area contributed by atoms with Crippen molar-refractivity contribution in [1.82, 2.24) is 0 Å². The topological polar surface area (TPSA) is 140 Å². The molecule has 0 aromatic heterocycles. The highest BCUT2D eigenvalue weighted by Gasteiger charge is 2.19. The van der Waals surface area contributed by atoms with Gasteiger partial charge in [0.1, 0.15) is 13.2 Å². The zero-order valence-electron chi connectivity index (χ0n) is 42.3. The fourth-order valence-electron chi connectivity index (χ4n) is 7.26. The summed E-state index contributed by atoms with van der Waals surface area (Å²) in [5.41, 5.74) is 0. The van der Waals surface area contributed by atoms with Crippen LogP contribution in [-0.4, -0.2) is 70.9 Å². The monoisotopic (exact) mass is 927 g/mol. The molecule has 0 spiro atoms. The Hall–Kier alpha value is -3.27. The van der Waals surface area contributed by atoms with E-state index in [1.807, 2.05) is 54.7 Å². The molecular weight excluding hydrogens is 829 g/mol. The lowest BCUT2D eigenvalue weighted by Crippen LogP contribution is -2.30. The van der Waals surface area contributed by atoms with Crippen molar-refractivity contribution in [1.29, 1.82) is 0 Å². The maximum Gasteiger partial charge on any atom is 0.306 e. The first-order valence-electron chi connectivity index (χ1n) is 26.8. The number of hydrogen-bond donors (Lipinski definition) is 3. The van der Waals surface area contributed by atoms with E-state index >= 15 is 0 Å². The van der Waals surface area contributed by atoms with Crippen LogP contribution in [-0.2, 0) is 28.6 Å².